The zero-order valence-corrected chi connectivity index (χ0v) is 19.7. The third kappa shape index (κ3) is 6.14. The van der Waals surface area contributed by atoms with Crippen molar-refractivity contribution in [2.45, 2.75) is 20.5 Å². The molecule has 0 saturated carbocycles. The number of carbonyl (C=O) groups is 1. The number of hydrogen-bond donors (Lipinski definition) is 1. The zero-order valence-electron chi connectivity index (χ0n) is 16.7. The molecule has 0 fully saturated rings. The quantitative estimate of drug-likeness (QED) is 0.289. The van der Waals surface area contributed by atoms with Crippen LogP contribution in [0.15, 0.2) is 53.6 Å². The standard InChI is InChI=1S/C23H18Cl4N2O2/c1-13-7-15(11-28-29-23(30)16-4-6-19(25)21(27)9-16)8-14(2)22(13)31-12-17-3-5-18(24)10-20(17)26/h3-11H,12H2,1-2H3,(H,29,30)/b28-11-. The molecule has 4 nitrogen and oxygen atoms in total. The number of aryl methyl sites for hydroxylation is 2. The van der Waals surface area contributed by atoms with E-state index in [9.17, 15) is 4.79 Å². The van der Waals surface area contributed by atoms with Gasteiger partial charge in [0.05, 0.1) is 16.3 Å². The average Bonchev–Trinajstić information content (AvgIpc) is 2.70. The van der Waals surface area contributed by atoms with Crippen LogP contribution in [0.4, 0.5) is 0 Å². The van der Waals surface area contributed by atoms with Crippen LogP contribution >= 0.6 is 46.4 Å². The third-order valence-electron chi connectivity index (χ3n) is 4.43. The van der Waals surface area contributed by atoms with Crippen LogP contribution < -0.4 is 10.2 Å². The summed E-state index contributed by atoms with van der Waals surface area (Å²) < 4.78 is 5.99. The van der Waals surface area contributed by atoms with Crippen molar-refractivity contribution in [1.29, 1.82) is 0 Å². The predicted octanol–water partition coefficient (Wildman–Crippen LogP) is 7.26. The van der Waals surface area contributed by atoms with Crippen molar-refractivity contribution < 1.29 is 9.53 Å². The summed E-state index contributed by atoms with van der Waals surface area (Å²) >= 11 is 24.0. The second kappa shape index (κ2) is 10.4. The van der Waals surface area contributed by atoms with Gasteiger partial charge in [-0.2, -0.15) is 5.10 Å². The van der Waals surface area contributed by atoms with Crippen LogP contribution in [0.25, 0.3) is 0 Å². The summed E-state index contributed by atoms with van der Waals surface area (Å²) in [7, 11) is 0. The molecule has 3 aromatic rings. The minimum absolute atomic E-state index is 0.306. The van der Waals surface area contributed by atoms with E-state index >= 15 is 0 Å². The molecule has 160 valence electrons. The van der Waals surface area contributed by atoms with E-state index < -0.39 is 0 Å². The average molecular weight is 496 g/mol. The molecule has 1 N–H and O–H groups in total. The van der Waals surface area contributed by atoms with Gasteiger partial charge in [-0.1, -0.05) is 52.5 Å². The van der Waals surface area contributed by atoms with E-state index in [0.29, 0.717) is 32.3 Å². The summed E-state index contributed by atoms with van der Waals surface area (Å²) in [5.74, 6) is 0.381. The second-order valence-electron chi connectivity index (χ2n) is 6.84. The molecule has 0 radical (unpaired) electrons. The Morgan fingerprint density at radius 2 is 1.65 bits per heavy atom. The van der Waals surface area contributed by atoms with E-state index in [0.717, 1.165) is 28.0 Å². The largest absolute Gasteiger partial charge is 0.488 e. The lowest BCUT2D eigenvalue weighted by Crippen LogP contribution is -2.17. The molecule has 31 heavy (non-hydrogen) atoms. The van der Waals surface area contributed by atoms with Crippen LogP contribution in [0, 0.1) is 13.8 Å². The number of carbonyl (C=O) groups excluding carboxylic acids is 1. The van der Waals surface area contributed by atoms with E-state index in [4.69, 9.17) is 51.1 Å². The van der Waals surface area contributed by atoms with Crippen molar-refractivity contribution in [3.63, 3.8) is 0 Å². The molecule has 0 aliphatic heterocycles. The van der Waals surface area contributed by atoms with Gasteiger partial charge in [0.25, 0.3) is 5.91 Å². The van der Waals surface area contributed by atoms with Crippen LogP contribution in [-0.2, 0) is 6.61 Å². The molecule has 0 atom stereocenters. The van der Waals surface area contributed by atoms with Gasteiger partial charge >= 0.3 is 0 Å². The number of hydrazone groups is 1. The van der Waals surface area contributed by atoms with E-state index in [2.05, 4.69) is 10.5 Å². The molecular formula is C23H18Cl4N2O2. The lowest BCUT2D eigenvalue weighted by Gasteiger charge is -2.14. The maximum atomic E-state index is 12.2. The van der Waals surface area contributed by atoms with Crippen molar-refractivity contribution in [1.82, 2.24) is 5.43 Å². The Labute approximate surface area is 200 Å². The Bertz CT molecular complexity index is 1140. The molecule has 0 aliphatic carbocycles. The maximum absolute atomic E-state index is 12.2. The fourth-order valence-electron chi connectivity index (χ4n) is 2.94. The van der Waals surface area contributed by atoms with E-state index in [1.54, 1.807) is 30.5 Å². The summed E-state index contributed by atoms with van der Waals surface area (Å²) in [5, 5.41) is 5.85. The van der Waals surface area contributed by atoms with Crippen LogP contribution in [-0.4, -0.2) is 12.1 Å². The number of benzene rings is 3. The van der Waals surface area contributed by atoms with E-state index in [-0.39, 0.29) is 5.91 Å². The normalized spacial score (nSPS) is 11.0. The molecular weight excluding hydrogens is 478 g/mol. The highest BCUT2D eigenvalue weighted by Crippen LogP contribution is 2.27. The summed E-state index contributed by atoms with van der Waals surface area (Å²) in [4.78, 5) is 12.2. The van der Waals surface area contributed by atoms with Crippen LogP contribution in [0.3, 0.4) is 0 Å². The van der Waals surface area contributed by atoms with Crippen LogP contribution in [0.1, 0.15) is 32.6 Å². The molecule has 3 rings (SSSR count). The highest BCUT2D eigenvalue weighted by atomic mass is 35.5. The van der Waals surface area contributed by atoms with Crippen molar-refractivity contribution in [2.75, 3.05) is 0 Å². The smallest absolute Gasteiger partial charge is 0.271 e. The molecule has 0 aromatic heterocycles. The first kappa shape index (κ1) is 23.4. The van der Waals surface area contributed by atoms with Crippen molar-refractivity contribution in [2.24, 2.45) is 5.10 Å². The number of ether oxygens (including phenoxy) is 1. The van der Waals surface area contributed by atoms with E-state index in [1.165, 1.54) is 6.07 Å². The summed E-state index contributed by atoms with van der Waals surface area (Å²) in [6, 6.07) is 13.8. The molecule has 3 aromatic carbocycles. The van der Waals surface area contributed by atoms with Crippen molar-refractivity contribution in [3.8, 4) is 5.75 Å². The first-order valence-electron chi connectivity index (χ1n) is 9.21. The van der Waals surface area contributed by atoms with E-state index in [1.807, 2.05) is 32.0 Å². The minimum atomic E-state index is -0.386. The lowest BCUT2D eigenvalue weighted by molar-refractivity contribution is 0.0955. The molecule has 0 aliphatic rings. The highest BCUT2D eigenvalue weighted by Gasteiger charge is 2.09. The van der Waals surface area contributed by atoms with Gasteiger partial charge in [-0.05, 0) is 73.0 Å². The lowest BCUT2D eigenvalue weighted by atomic mass is 10.1. The monoisotopic (exact) mass is 494 g/mol. The van der Waals surface area contributed by atoms with Crippen molar-refractivity contribution >= 4 is 58.5 Å². The SMILES string of the molecule is Cc1cc(/C=N\NC(=O)c2ccc(Cl)c(Cl)c2)cc(C)c1OCc1ccc(Cl)cc1Cl. The molecule has 0 spiro atoms. The molecule has 1 amide bonds. The second-order valence-corrected chi connectivity index (χ2v) is 8.49. The number of hydrogen-bond acceptors (Lipinski definition) is 3. The molecule has 0 saturated heterocycles. The fraction of sp³-hybridized carbons (Fsp3) is 0.130. The summed E-state index contributed by atoms with van der Waals surface area (Å²) in [6.07, 6.45) is 1.56. The maximum Gasteiger partial charge on any atom is 0.271 e. The molecule has 0 bridgehead atoms. The molecule has 0 unspecified atom stereocenters. The Morgan fingerprint density at radius 1 is 0.935 bits per heavy atom. The van der Waals surface area contributed by atoms with Gasteiger partial charge < -0.3 is 4.74 Å². The first-order chi connectivity index (χ1) is 14.7. The minimum Gasteiger partial charge on any atom is -0.488 e. The molecule has 0 heterocycles. The van der Waals surface area contributed by atoms with Gasteiger partial charge in [0, 0.05) is 21.2 Å². The Balaban J connectivity index is 1.66. The predicted molar refractivity (Wildman–Crippen MR) is 128 cm³/mol. The number of halogens is 4. The number of nitrogens with zero attached hydrogens (tertiary/aromatic N) is 1. The Kier molecular flexibility index (Phi) is 7.84. The first-order valence-corrected chi connectivity index (χ1v) is 10.7. The van der Waals surface area contributed by atoms with Gasteiger partial charge in [0.2, 0.25) is 0 Å². The van der Waals surface area contributed by atoms with Crippen molar-refractivity contribution in [3.05, 3.63) is 96.4 Å². The van der Waals surface area contributed by atoms with Gasteiger partial charge in [0.15, 0.2) is 0 Å². The number of nitrogens with one attached hydrogen (secondary N) is 1. The Morgan fingerprint density at radius 3 is 2.29 bits per heavy atom. The topological polar surface area (TPSA) is 50.7 Å². The number of rotatable bonds is 6. The highest BCUT2D eigenvalue weighted by molar-refractivity contribution is 6.42. The Hall–Kier alpha value is -2.24. The summed E-state index contributed by atoms with van der Waals surface area (Å²) in [5.41, 5.74) is 6.38. The van der Waals surface area contributed by atoms with Crippen LogP contribution in [0.2, 0.25) is 20.1 Å². The molecule has 8 heteroatoms. The third-order valence-corrected chi connectivity index (χ3v) is 5.76. The summed E-state index contributed by atoms with van der Waals surface area (Å²) in [6.45, 7) is 4.21. The van der Waals surface area contributed by atoms with Gasteiger partial charge in [-0.15, -0.1) is 0 Å². The fourth-order valence-corrected chi connectivity index (χ4v) is 3.70. The van der Waals surface area contributed by atoms with Gasteiger partial charge in [-0.3, -0.25) is 4.79 Å². The number of amides is 1. The van der Waals surface area contributed by atoms with Gasteiger partial charge in [0.1, 0.15) is 12.4 Å². The zero-order chi connectivity index (χ0) is 22.5. The van der Waals surface area contributed by atoms with Gasteiger partial charge in [-0.25, -0.2) is 5.43 Å². The van der Waals surface area contributed by atoms with Crippen LogP contribution in [0.5, 0.6) is 5.75 Å².